The number of carbonyl (C=O) groups is 1. The number of anilines is 2. The van der Waals surface area contributed by atoms with Gasteiger partial charge in [0.05, 0.1) is 5.92 Å². The summed E-state index contributed by atoms with van der Waals surface area (Å²) in [6, 6.07) is 14.2. The van der Waals surface area contributed by atoms with Gasteiger partial charge >= 0.3 is 5.97 Å². The van der Waals surface area contributed by atoms with Crippen LogP contribution in [0.4, 0.5) is 11.5 Å². The summed E-state index contributed by atoms with van der Waals surface area (Å²) < 4.78 is 0. The molecule has 5 nitrogen and oxygen atoms in total. The number of carboxylic acid groups (broad SMARTS) is 1. The predicted molar refractivity (Wildman–Crippen MR) is 89.8 cm³/mol. The average Bonchev–Trinajstić information content (AvgIpc) is 3.04. The number of rotatable bonds is 5. The minimum absolute atomic E-state index is 0.230. The van der Waals surface area contributed by atoms with Crippen molar-refractivity contribution in [3.8, 4) is 0 Å². The Hall–Kier alpha value is -2.40. The molecule has 0 spiro atoms. The molecule has 1 aromatic heterocycles. The molecule has 0 saturated carbocycles. The van der Waals surface area contributed by atoms with Crippen LogP contribution in [0.15, 0.2) is 48.7 Å². The summed E-state index contributed by atoms with van der Waals surface area (Å²) in [6.07, 6.45) is 2.61. The first kappa shape index (κ1) is 15.5. The lowest BCUT2D eigenvalue weighted by Gasteiger charge is -2.19. The smallest absolute Gasteiger partial charge is 0.307 e. The SMILES string of the molecule is CN(c1ccccc1)c1ccc(CN2CCC(C(=O)O)C2)cn1. The lowest BCUT2D eigenvalue weighted by molar-refractivity contribution is -0.141. The number of benzene rings is 1. The number of nitrogens with zero attached hydrogens (tertiary/aromatic N) is 3. The van der Waals surface area contributed by atoms with Crippen molar-refractivity contribution >= 4 is 17.5 Å². The van der Waals surface area contributed by atoms with Gasteiger partial charge in [-0.25, -0.2) is 4.98 Å². The van der Waals surface area contributed by atoms with E-state index in [1.54, 1.807) is 0 Å². The normalized spacial score (nSPS) is 18.0. The van der Waals surface area contributed by atoms with E-state index in [2.05, 4.69) is 16.0 Å². The number of hydrogen-bond acceptors (Lipinski definition) is 4. The van der Waals surface area contributed by atoms with E-state index >= 15 is 0 Å². The van der Waals surface area contributed by atoms with Crippen molar-refractivity contribution in [2.45, 2.75) is 13.0 Å². The maximum absolute atomic E-state index is 11.0. The Kier molecular flexibility index (Phi) is 4.57. The van der Waals surface area contributed by atoms with E-state index in [0.29, 0.717) is 6.54 Å². The van der Waals surface area contributed by atoms with E-state index < -0.39 is 5.97 Å². The van der Waals surface area contributed by atoms with Gasteiger partial charge in [0.25, 0.3) is 0 Å². The first-order valence-electron chi connectivity index (χ1n) is 7.82. The first-order chi connectivity index (χ1) is 11.1. The van der Waals surface area contributed by atoms with Crippen molar-refractivity contribution in [3.63, 3.8) is 0 Å². The Morgan fingerprint density at radius 1 is 1.30 bits per heavy atom. The van der Waals surface area contributed by atoms with Crippen LogP contribution in [-0.2, 0) is 11.3 Å². The average molecular weight is 311 g/mol. The van der Waals surface area contributed by atoms with E-state index in [9.17, 15) is 4.79 Å². The van der Waals surface area contributed by atoms with Crippen LogP contribution in [0.25, 0.3) is 0 Å². The highest BCUT2D eigenvalue weighted by Gasteiger charge is 2.27. The Morgan fingerprint density at radius 2 is 2.09 bits per heavy atom. The van der Waals surface area contributed by atoms with Crippen LogP contribution in [0, 0.1) is 5.92 Å². The van der Waals surface area contributed by atoms with Gasteiger partial charge in [-0.05, 0) is 36.7 Å². The van der Waals surface area contributed by atoms with Gasteiger partial charge in [0.1, 0.15) is 5.82 Å². The second-order valence-electron chi connectivity index (χ2n) is 5.98. The number of hydrogen-bond donors (Lipinski definition) is 1. The quantitative estimate of drug-likeness (QED) is 0.920. The number of aromatic nitrogens is 1. The van der Waals surface area contributed by atoms with Crippen molar-refractivity contribution in [1.82, 2.24) is 9.88 Å². The van der Waals surface area contributed by atoms with Crippen molar-refractivity contribution in [3.05, 3.63) is 54.2 Å². The fourth-order valence-electron chi connectivity index (χ4n) is 2.93. The zero-order valence-electron chi connectivity index (χ0n) is 13.2. The zero-order chi connectivity index (χ0) is 16.2. The van der Waals surface area contributed by atoms with Crippen LogP contribution < -0.4 is 4.90 Å². The monoisotopic (exact) mass is 311 g/mol. The highest BCUT2D eigenvalue weighted by atomic mass is 16.4. The van der Waals surface area contributed by atoms with Crippen molar-refractivity contribution < 1.29 is 9.90 Å². The highest BCUT2D eigenvalue weighted by Crippen LogP contribution is 2.22. The molecule has 0 bridgehead atoms. The summed E-state index contributed by atoms with van der Waals surface area (Å²) >= 11 is 0. The lowest BCUT2D eigenvalue weighted by atomic mass is 10.1. The molecule has 1 aliphatic heterocycles. The molecule has 2 heterocycles. The summed E-state index contributed by atoms with van der Waals surface area (Å²) in [5.74, 6) is -0.0262. The Balaban J connectivity index is 1.63. The molecule has 3 rings (SSSR count). The number of para-hydroxylation sites is 1. The molecule has 0 radical (unpaired) electrons. The van der Waals surface area contributed by atoms with Gasteiger partial charge in [0.2, 0.25) is 0 Å². The van der Waals surface area contributed by atoms with E-state index in [1.807, 2.05) is 54.5 Å². The van der Waals surface area contributed by atoms with E-state index in [4.69, 9.17) is 5.11 Å². The number of aliphatic carboxylic acids is 1. The summed E-state index contributed by atoms with van der Waals surface area (Å²) in [7, 11) is 2.00. The van der Waals surface area contributed by atoms with Gasteiger partial charge in [-0.2, -0.15) is 0 Å². The molecule has 1 saturated heterocycles. The second-order valence-corrected chi connectivity index (χ2v) is 5.98. The molecule has 5 heteroatoms. The van der Waals surface area contributed by atoms with Crippen molar-refractivity contribution in [2.75, 3.05) is 25.0 Å². The summed E-state index contributed by atoms with van der Waals surface area (Å²) in [4.78, 5) is 19.8. The second kappa shape index (κ2) is 6.79. The van der Waals surface area contributed by atoms with E-state index in [1.165, 1.54) is 0 Å². The van der Waals surface area contributed by atoms with E-state index in [0.717, 1.165) is 36.6 Å². The van der Waals surface area contributed by atoms with Crippen molar-refractivity contribution in [2.24, 2.45) is 5.92 Å². The number of pyridine rings is 1. The molecule has 0 aliphatic carbocycles. The molecule has 23 heavy (non-hydrogen) atoms. The van der Waals surface area contributed by atoms with Gasteiger partial charge in [0.15, 0.2) is 0 Å². The molecule has 1 aromatic carbocycles. The Morgan fingerprint density at radius 3 is 2.70 bits per heavy atom. The summed E-state index contributed by atoms with van der Waals surface area (Å²) in [6.45, 7) is 2.22. The van der Waals surface area contributed by atoms with Crippen molar-refractivity contribution in [1.29, 1.82) is 0 Å². The van der Waals surface area contributed by atoms with Gasteiger partial charge in [0, 0.05) is 32.0 Å². The zero-order valence-corrected chi connectivity index (χ0v) is 13.2. The largest absolute Gasteiger partial charge is 0.481 e. The molecular weight excluding hydrogens is 290 g/mol. The lowest BCUT2D eigenvalue weighted by Crippen LogP contribution is -2.23. The molecule has 1 atom stereocenters. The maximum Gasteiger partial charge on any atom is 0.307 e. The fraction of sp³-hybridized carbons (Fsp3) is 0.333. The van der Waals surface area contributed by atoms with Crippen LogP contribution in [0.5, 0.6) is 0 Å². The number of carboxylic acids is 1. The molecule has 1 aliphatic rings. The fourth-order valence-corrected chi connectivity index (χ4v) is 2.93. The predicted octanol–water partition coefficient (Wildman–Crippen LogP) is 2.76. The summed E-state index contributed by atoms with van der Waals surface area (Å²) in [5.41, 5.74) is 2.21. The van der Waals surface area contributed by atoms with Gasteiger partial charge in [-0.3, -0.25) is 9.69 Å². The Labute approximate surface area is 136 Å². The minimum Gasteiger partial charge on any atom is -0.481 e. The topological polar surface area (TPSA) is 56.7 Å². The third-order valence-electron chi connectivity index (χ3n) is 4.32. The molecular formula is C18H21N3O2. The third-order valence-corrected chi connectivity index (χ3v) is 4.32. The minimum atomic E-state index is -0.689. The van der Waals surface area contributed by atoms with Gasteiger partial charge in [-0.1, -0.05) is 24.3 Å². The van der Waals surface area contributed by atoms with Gasteiger partial charge < -0.3 is 10.0 Å². The van der Waals surface area contributed by atoms with Gasteiger partial charge in [-0.15, -0.1) is 0 Å². The molecule has 2 aromatic rings. The van der Waals surface area contributed by atoms with Crippen LogP contribution >= 0.6 is 0 Å². The molecule has 0 amide bonds. The standard InChI is InChI=1S/C18H21N3O2/c1-20(16-5-3-2-4-6-16)17-8-7-14(11-19-17)12-21-10-9-15(13-21)18(22)23/h2-8,11,15H,9-10,12-13H2,1H3,(H,22,23). The maximum atomic E-state index is 11.0. The molecule has 1 unspecified atom stereocenters. The molecule has 1 fully saturated rings. The van der Waals surface area contributed by atoms with Crippen LogP contribution in [0.2, 0.25) is 0 Å². The Bertz CT molecular complexity index is 658. The van der Waals surface area contributed by atoms with Crippen LogP contribution in [-0.4, -0.2) is 41.1 Å². The van der Waals surface area contributed by atoms with E-state index in [-0.39, 0.29) is 5.92 Å². The van der Waals surface area contributed by atoms with Crippen LogP contribution in [0.1, 0.15) is 12.0 Å². The van der Waals surface area contributed by atoms with Crippen LogP contribution in [0.3, 0.4) is 0 Å². The highest BCUT2D eigenvalue weighted by molar-refractivity contribution is 5.70. The molecule has 120 valence electrons. The summed E-state index contributed by atoms with van der Waals surface area (Å²) in [5, 5.41) is 9.06. The third kappa shape index (κ3) is 3.68. The first-order valence-corrected chi connectivity index (χ1v) is 7.82. The number of likely N-dealkylation sites (tertiary alicyclic amines) is 1. The molecule has 1 N–H and O–H groups in total.